The molecule has 1 heteroatoms. The smallest absolute Gasteiger partial charge is 0.0109 e. The maximum absolute atomic E-state index is 3.63. The van der Waals surface area contributed by atoms with Crippen LogP contribution in [-0.2, 0) is 5.41 Å². The van der Waals surface area contributed by atoms with Crippen molar-refractivity contribution < 1.29 is 0 Å². The molecule has 1 aliphatic carbocycles. The molecule has 0 aromatic heterocycles. The van der Waals surface area contributed by atoms with Crippen molar-refractivity contribution in [2.75, 3.05) is 13.1 Å². The van der Waals surface area contributed by atoms with Crippen LogP contribution >= 0.6 is 0 Å². The highest BCUT2D eigenvalue weighted by atomic mass is 14.9. The monoisotopic (exact) mass is 245 g/mol. The summed E-state index contributed by atoms with van der Waals surface area (Å²) in [5.74, 6) is 0.879. The molecule has 0 spiro atoms. The summed E-state index contributed by atoms with van der Waals surface area (Å²) in [5, 5.41) is 3.63. The van der Waals surface area contributed by atoms with Crippen molar-refractivity contribution in [2.24, 2.45) is 5.92 Å². The van der Waals surface area contributed by atoms with Crippen LogP contribution in [0.4, 0.5) is 0 Å². The lowest BCUT2D eigenvalue weighted by Gasteiger charge is -2.20. The summed E-state index contributed by atoms with van der Waals surface area (Å²) in [7, 11) is 0. The van der Waals surface area contributed by atoms with Crippen molar-refractivity contribution in [1.82, 2.24) is 5.32 Å². The third-order valence-corrected chi connectivity index (χ3v) is 4.67. The highest BCUT2D eigenvalue weighted by Gasteiger charge is 2.53. The van der Waals surface area contributed by atoms with Gasteiger partial charge < -0.3 is 5.32 Å². The summed E-state index contributed by atoms with van der Waals surface area (Å²) in [6.07, 6.45) is 3.89. The molecule has 0 heterocycles. The Morgan fingerprint density at radius 1 is 1.22 bits per heavy atom. The van der Waals surface area contributed by atoms with Gasteiger partial charge in [0.2, 0.25) is 0 Å². The maximum atomic E-state index is 3.63. The Morgan fingerprint density at radius 3 is 2.56 bits per heavy atom. The van der Waals surface area contributed by atoms with Gasteiger partial charge in [-0.05, 0) is 55.8 Å². The molecular weight excluding hydrogens is 218 g/mol. The molecule has 0 saturated heterocycles. The van der Waals surface area contributed by atoms with E-state index in [1.165, 1.54) is 30.4 Å². The van der Waals surface area contributed by atoms with Crippen LogP contribution in [0.3, 0.4) is 0 Å². The summed E-state index contributed by atoms with van der Waals surface area (Å²) >= 11 is 0. The average molecular weight is 245 g/mol. The number of hydrogen-bond donors (Lipinski definition) is 1. The minimum absolute atomic E-state index is 0.433. The largest absolute Gasteiger partial charge is 0.316 e. The van der Waals surface area contributed by atoms with Crippen LogP contribution in [0.5, 0.6) is 0 Å². The van der Waals surface area contributed by atoms with Gasteiger partial charge in [-0.3, -0.25) is 0 Å². The summed E-state index contributed by atoms with van der Waals surface area (Å²) in [5.41, 5.74) is 4.83. The van der Waals surface area contributed by atoms with Crippen LogP contribution in [0, 0.1) is 19.8 Å². The number of benzene rings is 1. The molecule has 1 nitrogen and oxygen atoms in total. The Kier molecular flexibility index (Phi) is 4.11. The highest BCUT2D eigenvalue weighted by Crippen LogP contribution is 2.55. The molecular formula is C17H27N. The minimum Gasteiger partial charge on any atom is -0.316 e. The van der Waals surface area contributed by atoms with E-state index in [1.807, 2.05) is 0 Å². The van der Waals surface area contributed by atoms with Crippen molar-refractivity contribution in [2.45, 2.75) is 52.4 Å². The van der Waals surface area contributed by atoms with Gasteiger partial charge in [0.25, 0.3) is 0 Å². The second-order valence-electron chi connectivity index (χ2n) is 5.94. The molecule has 1 aromatic rings. The maximum Gasteiger partial charge on any atom is 0.0109 e. The quantitative estimate of drug-likeness (QED) is 0.748. The standard InChI is InChI=1S/C17H27N/c1-5-9-18-12-17(11-15(17)6-2)16-8-7-13(3)14(4)10-16/h7-8,10,15,18H,5-6,9,11-12H2,1-4H3. The number of rotatable bonds is 6. The molecule has 1 N–H and O–H groups in total. The second kappa shape index (κ2) is 5.44. The zero-order chi connectivity index (χ0) is 13.2. The number of hydrogen-bond acceptors (Lipinski definition) is 1. The van der Waals surface area contributed by atoms with Gasteiger partial charge >= 0.3 is 0 Å². The molecule has 1 fully saturated rings. The first-order chi connectivity index (χ1) is 8.64. The number of nitrogens with one attached hydrogen (secondary N) is 1. The zero-order valence-corrected chi connectivity index (χ0v) is 12.3. The molecule has 0 radical (unpaired) electrons. The van der Waals surface area contributed by atoms with Crippen molar-refractivity contribution in [3.8, 4) is 0 Å². The molecule has 1 aliphatic rings. The van der Waals surface area contributed by atoms with E-state index < -0.39 is 0 Å². The second-order valence-corrected chi connectivity index (χ2v) is 5.94. The van der Waals surface area contributed by atoms with Gasteiger partial charge in [0.1, 0.15) is 0 Å². The first-order valence-electron chi connectivity index (χ1n) is 7.42. The topological polar surface area (TPSA) is 12.0 Å². The lowest BCUT2D eigenvalue weighted by atomic mass is 9.90. The lowest BCUT2D eigenvalue weighted by Crippen LogP contribution is -2.29. The van der Waals surface area contributed by atoms with Gasteiger partial charge in [0.05, 0.1) is 0 Å². The number of aryl methyl sites for hydroxylation is 2. The van der Waals surface area contributed by atoms with Crippen LogP contribution in [0.15, 0.2) is 18.2 Å². The molecule has 2 rings (SSSR count). The molecule has 2 atom stereocenters. The predicted octanol–water partition coefficient (Wildman–Crippen LogP) is 3.97. The van der Waals surface area contributed by atoms with E-state index in [1.54, 1.807) is 5.56 Å². The fourth-order valence-electron chi connectivity index (χ4n) is 3.13. The molecule has 1 aromatic carbocycles. The van der Waals surface area contributed by atoms with E-state index in [-0.39, 0.29) is 0 Å². The normalized spacial score (nSPS) is 26.3. The fraction of sp³-hybridized carbons (Fsp3) is 0.647. The Hall–Kier alpha value is -0.820. The van der Waals surface area contributed by atoms with Crippen molar-refractivity contribution in [1.29, 1.82) is 0 Å². The van der Waals surface area contributed by atoms with Crippen molar-refractivity contribution in [3.05, 3.63) is 34.9 Å². The molecule has 100 valence electrons. The van der Waals surface area contributed by atoms with Gasteiger partial charge in [0, 0.05) is 12.0 Å². The van der Waals surface area contributed by atoms with Gasteiger partial charge in [-0.15, -0.1) is 0 Å². The van der Waals surface area contributed by atoms with E-state index in [2.05, 4.69) is 51.2 Å². The molecule has 0 bridgehead atoms. The molecule has 0 amide bonds. The first-order valence-corrected chi connectivity index (χ1v) is 7.42. The Balaban J connectivity index is 2.17. The van der Waals surface area contributed by atoms with Crippen molar-refractivity contribution in [3.63, 3.8) is 0 Å². The van der Waals surface area contributed by atoms with Crippen LogP contribution < -0.4 is 5.32 Å². The van der Waals surface area contributed by atoms with Gasteiger partial charge in [0.15, 0.2) is 0 Å². The van der Waals surface area contributed by atoms with E-state index in [0.29, 0.717) is 5.41 Å². The van der Waals surface area contributed by atoms with Crippen LogP contribution in [0.25, 0.3) is 0 Å². The molecule has 1 saturated carbocycles. The summed E-state index contributed by atoms with van der Waals surface area (Å²) in [6.45, 7) is 11.3. The fourth-order valence-corrected chi connectivity index (χ4v) is 3.13. The SMILES string of the molecule is CCCNCC1(c2ccc(C)c(C)c2)CC1CC. The van der Waals surface area contributed by atoms with Crippen LogP contribution in [0.1, 0.15) is 49.8 Å². The van der Waals surface area contributed by atoms with Gasteiger partial charge in [-0.2, -0.15) is 0 Å². The van der Waals surface area contributed by atoms with E-state index in [4.69, 9.17) is 0 Å². The van der Waals surface area contributed by atoms with Crippen molar-refractivity contribution >= 4 is 0 Å². The van der Waals surface area contributed by atoms with Crippen LogP contribution in [-0.4, -0.2) is 13.1 Å². The summed E-state index contributed by atoms with van der Waals surface area (Å²) in [6, 6.07) is 7.06. The Bertz CT molecular complexity index is 410. The first kappa shape index (κ1) is 13.6. The Morgan fingerprint density at radius 2 is 2.00 bits per heavy atom. The van der Waals surface area contributed by atoms with E-state index >= 15 is 0 Å². The van der Waals surface area contributed by atoms with E-state index in [9.17, 15) is 0 Å². The van der Waals surface area contributed by atoms with Gasteiger partial charge in [-0.25, -0.2) is 0 Å². The minimum atomic E-state index is 0.433. The highest BCUT2D eigenvalue weighted by molar-refractivity contribution is 5.39. The third kappa shape index (κ3) is 2.47. The molecule has 2 unspecified atom stereocenters. The molecule has 18 heavy (non-hydrogen) atoms. The summed E-state index contributed by atoms with van der Waals surface area (Å²) < 4.78 is 0. The third-order valence-electron chi connectivity index (χ3n) is 4.67. The van der Waals surface area contributed by atoms with E-state index in [0.717, 1.165) is 19.0 Å². The Labute approximate surface area is 112 Å². The lowest BCUT2D eigenvalue weighted by molar-refractivity contribution is 0.523. The van der Waals surface area contributed by atoms with Gasteiger partial charge in [-0.1, -0.05) is 38.5 Å². The predicted molar refractivity (Wildman–Crippen MR) is 79.2 cm³/mol. The summed E-state index contributed by atoms with van der Waals surface area (Å²) in [4.78, 5) is 0. The zero-order valence-electron chi connectivity index (χ0n) is 12.3. The van der Waals surface area contributed by atoms with Crippen LogP contribution in [0.2, 0.25) is 0 Å². The average Bonchev–Trinajstić information content (AvgIpc) is 3.08. The molecule has 0 aliphatic heterocycles.